The van der Waals surface area contributed by atoms with Gasteiger partial charge in [0.1, 0.15) is 5.75 Å². The van der Waals surface area contributed by atoms with E-state index in [2.05, 4.69) is 48.3 Å². The van der Waals surface area contributed by atoms with Gasteiger partial charge in [-0.15, -0.1) is 12.4 Å². The molecule has 0 radical (unpaired) electrons. The molecule has 1 N–H and O–H groups in total. The molecule has 2 fully saturated rings. The topological polar surface area (TPSA) is 24.5 Å². The van der Waals surface area contributed by atoms with Crippen molar-refractivity contribution in [1.29, 1.82) is 0 Å². The summed E-state index contributed by atoms with van der Waals surface area (Å²) >= 11 is 0. The van der Waals surface area contributed by atoms with E-state index in [1.54, 1.807) is 0 Å². The van der Waals surface area contributed by atoms with Crippen LogP contribution in [-0.4, -0.2) is 36.7 Å². The second-order valence-corrected chi connectivity index (χ2v) is 7.13. The highest BCUT2D eigenvalue weighted by Gasteiger charge is 2.28. The minimum Gasteiger partial charge on any atom is -0.491 e. The van der Waals surface area contributed by atoms with Crippen molar-refractivity contribution < 1.29 is 4.74 Å². The number of ether oxygens (including phenoxy) is 1. The van der Waals surface area contributed by atoms with Crippen LogP contribution < -0.4 is 10.1 Å². The minimum absolute atomic E-state index is 0. The highest BCUT2D eigenvalue weighted by Crippen LogP contribution is 2.26. The fourth-order valence-corrected chi connectivity index (χ4v) is 3.83. The van der Waals surface area contributed by atoms with Gasteiger partial charge in [-0.3, -0.25) is 4.90 Å². The average molecular weight is 339 g/mol. The summed E-state index contributed by atoms with van der Waals surface area (Å²) in [6.07, 6.45) is 5.71. The highest BCUT2D eigenvalue weighted by molar-refractivity contribution is 5.85. The molecule has 2 aliphatic rings. The maximum absolute atomic E-state index is 5.71. The Bertz CT molecular complexity index is 449. The lowest BCUT2D eigenvalue weighted by Crippen LogP contribution is -2.40. The fraction of sp³-hybridized carbons (Fsp3) is 0.684. The summed E-state index contributed by atoms with van der Waals surface area (Å²) in [6.45, 7) is 8.93. The van der Waals surface area contributed by atoms with E-state index in [4.69, 9.17) is 4.74 Å². The van der Waals surface area contributed by atoms with Crippen molar-refractivity contribution in [3.05, 3.63) is 29.8 Å². The molecule has 130 valence electrons. The second-order valence-electron chi connectivity index (χ2n) is 7.13. The van der Waals surface area contributed by atoms with Crippen molar-refractivity contribution in [3.8, 4) is 5.75 Å². The van der Waals surface area contributed by atoms with Crippen LogP contribution in [0.2, 0.25) is 0 Å². The van der Waals surface area contributed by atoms with Gasteiger partial charge in [0, 0.05) is 12.6 Å². The Labute approximate surface area is 147 Å². The second kappa shape index (κ2) is 8.91. The number of hydrogen-bond acceptors (Lipinski definition) is 3. The molecule has 4 heteroatoms. The van der Waals surface area contributed by atoms with Gasteiger partial charge in [-0.05, 0) is 82.8 Å². The number of rotatable bonds is 5. The Hall–Kier alpha value is -0.770. The molecule has 0 amide bonds. The summed E-state index contributed by atoms with van der Waals surface area (Å²) in [5.74, 6) is 1.88. The van der Waals surface area contributed by atoms with E-state index in [1.807, 2.05) is 0 Å². The lowest BCUT2D eigenvalue weighted by atomic mass is 9.88. The monoisotopic (exact) mass is 338 g/mol. The molecule has 2 aliphatic heterocycles. The number of halogens is 1. The number of likely N-dealkylation sites (tertiary alicyclic amines) is 1. The Balaban J connectivity index is 0.00000192. The van der Waals surface area contributed by atoms with Gasteiger partial charge in [0.25, 0.3) is 0 Å². The van der Waals surface area contributed by atoms with Gasteiger partial charge in [0.2, 0.25) is 0 Å². The van der Waals surface area contributed by atoms with E-state index in [1.165, 1.54) is 50.9 Å². The van der Waals surface area contributed by atoms with Crippen LogP contribution in [0.5, 0.6) is 5.75 Å². The zero-order chi connectivity index (χ0) is 15.4. The minimum atomic E-state index is 0. The van der Waals surface area contributed by atoms with Crippen molar-refractivity contribution in [2.75, 3.05) is 19.6 Å². The van der Waals surface area contributed by atoms with E-state index in [-0.39, 0.29) is 18.5 Å². The van der Waals surface area contributed by atoms with Gasteiger partial charge in [-0.1, -0.05) is 12.1 Å². The first-order chi connectivity index (χ1) is 10.7. The standard InChI is InChI=1S/C19H30N2O.ClH/c1-15(2)22-18-7-5-16(6-8-18)14-21-12-9-17(10-13-21)19-4-3-11-20-19;/h5-8,15,17,19-20H,3-4,9-14H2,1-2H3;1H. The van der Waals surface area contributed by atoms with Gasteiger partial charge in [-0.25, -0.2) is 0 Å². The molecular formula is C19H31ClN2O. The SMILES string of the molecule is CC(C)Oc1ccc(CN2CCC(C3CCCN3)CC2)cc1.Cl. The van der Waals surface area contributed by atoms with Crippen molar-refractivity contribution in [1.82, 2.24) is 10.2 Å². The van der Waals surface area contributed by atoms with E-state index in [9.17, 15) is 0 Å². The maximum Gasteiger partial charge on any atom is 0.119 e. The van der Waals surface area contributed by atoms with Crippen LogP contribution in [0.4, 0.5) is 0 Å². The van der Waals surface area contributed by atoms with Gasteiger partial charge in [-0.2, -0.15) is 0 Å². The molecule has 3 nitrogen and oxygen atoms in total. The van der Waals surface area contributed by atoms with Crippen LogP contribution in [0.25, 0.3) is 0 Å². The third kappa shape index (κ3) is 5.37. The largest absolute Gasteiger partial charge is 0.491 e. The molecule has 3 rings (SSSR count). The molecule has 0 spiro atoms. The van der Waals surface area contributed by atoms with E-state index >= 15 is 0 Å². The summed E-state index contributed by atoms with van der Waals surface area (Å²) in [5, 5.41) is 3.68. The van der Waals surface area contributed by atoms with Crippen molar-refractivity contribution in [2.45, 2.75) is 58.2 Å². The molecule has 0 saturated carbocycles. The number of nitrogens with one attached hydrogen (secondary N) is 1. The Morgan fingerprint density at radius 3 is 2.39 bits per heavy atom. The summed E-state index contributed by atoms with van der Waals surface area (Å²) in [7, 11) is 0. The maximum atomic E-state index is 5.71. The van der Waals surface area contributed by atoms with Crippen LogP contribution in [0.3, 0.4) is 0 Å². The zero-order valence-electron chi connectivity index (χ0n) is 14.5. The summed E-state index contributed by atoms with van der Waals surface area (Å²) in [6, 6.07) is 9.43. The van der Waals surface area contributed by atoms with E-state index < -0.39 is 0 Å². The van der Waals surface area contributed by atoms with Gasteiger partial charge in [0.15, 0.2) is 0 Å². The molecule has 0 bridgehead atoms. The highest BCUT2D eigenvalue weighted by atomic mass is 35.5. The molecule has 2 heterocycles. The molecule has 0 aromatic heterocycles. The Kier molecular flexibility index (Phi) is 7.19. The predicted molar refractivity (Wildman–Crippen MR) is 98.5 cm³/mol. The van der Waals surface area contributed by atoms with Crippen molar-refractivity contribution >= 4 is 12.4 Å². The van der Waals surface area contributed by atoms with Gasteiger partial charge >= 0.3 is 0 Å². The molecule has 1 atom stereocenters. The quantitative estimate of drug-likeness (QED) is 0.882. The van der Waals surface area contributed by atoms with E-state index in [0.29, 0.717) is 0 Å². The van der Waals surface area contributed by atoms with Crippen LogP contribution in [0.1, 0.15) is 45.1 Å². The molecule has 1 unspecified atom stereocenters. The number of nitrogens with zero attached hydrogens (tertiary/aromatic N) is 1. The van der Waals surface area contributed by atoms with Crippen molar-refractivity contribution in [2.24, 2.45) is 5.92 Å². The number of benzene rings is 1. The van der Waals surface area contributed by atoms with Crippen LogP contribution >= 0.6 is 12.4 Å². The van der Waals surface area contributed by atoms with Gasteiger partial charge in [0.05, 0.1) is 6.10 Å². The number of hydrogen-bond donors (Lipinski definition) is 1. The zero-order valence-corrected chi connectivity index (χ0v) is 15.3. The Morgan fingerprint density at radius 1 is 1.13 bits per heavy atom. The molecule has 2 saturated heterocycles. The first kappa shape index (κ1) is 18.6. The average Bonchev–Trinajstić information content (AvgIpc) is 3.04. The normalized spacial score (nSPS) is 23.0. The number of piperidine rings is 1. The lowest BCUT2D eigenvalue weighted by Gasteiger charge is -2.35. The van der Waals surface area contributed by atoms with Crippen molar-refractivity contribution in [3.63, 3.8) is 0 Å². The van der Waals surface area contributed by atoms with Crippen LogP contribution in [-0.2, 0) is 6.54 Å². The van der Waals surface area contributed by atoms with E-state index in [0.717, 1.165) is 24.3 Å². The third-order valence-corrected chi connectivity index (χ3v) is 5.00. The summed E-state index contributed by atoms with van der Waals surface area (Å²) in [5.41, 5.74) is 1.40. The molecule has 1 aromatic carbocycles. The predicted octanol–water partition coefficient (Wildman–Crippen LogP) is 3.86. The summed E-state index contributed by atoms with van der Waals surface area (Å²) < 4.78 is 5.71. The van der Waals surface area contributed by atoms with Crippen LogP contribution in [0.15, 0.2) is 24.3 Å². The molecule has 23 heavy (non-hydrogen) atoms. The molecular weight excluding hydrogens is 308 g/mol. The van der Waals surface area contributed by atoms with Gasteiger partial charge < -0.3 is 10.1 Å². The molecule has 1 aromatic rings. The Morgan fingerprint density at radius 2 is 1.83 bits per heavy atom. The first-order valence-electron chi connectivity index (χ1n) is 8.92. The fourth-order valence-electron chi connectivity index (χ4n) is 3.83. The summed E-state index contributed by atoms with van der Waals surface area (Å²) in [4.78, 5) is 2.60. The lowest BCUT2D eigenvalue weighted by molar-refractivity contribution is 0.157. The molecule has 0 aliphatic carbocycles. The van der Waals surface area contributed by atoms with Crippen LogP contribution in [0, 0.1) is 5.92 Å². The smallest absolute Gasteiger partial charge is 0.119 e. The first-order valence-corrected chi connectivity index (χ1v) is 8.92. The third-order valence-electron chi connectivity index (χ3n) is 5.00.